The van der Waals surface area contributed by atoms with Crippen LogP contribution in [0.3, 0.4) is 0 Å². The summed E-state index contributed by atoms with van der Waals surface area (Å²) in [7, 11) is 3.06. The molecule has 1 atom stereocenters. The van der Waals surface area contributed by atoms with Crippen LogP contribution in [0.2, 0.25) is 0 Å². The first-order valence-electron chi connectivity index (χ1n) is 6.32. The van der Waals surface area contributed by atoms with Gasteiger partial charge in [0.25, 0.3) is 0 Å². The molecule has 1 unspecified atom stereocenters. The molecule has 2 rings (SSSR count). The van der Waals surface area contributed by atoms with Crippen LogP contribution in [0.1, 0.15) is 11.6 Å². The largest absolute Gasteiger partial charge is 0.497 e. The second kappa shape index (κ2) is 6.62. The van der Waals surface area contributed by atoms with E-state index in [1.54, 1.807) is 36.4 Å². The van der Waals surface area contributed by atoms with Gasteiger partial charge in [0.1, 0.15) is 23.4 Å². The van der Waals surface area contributed by atoms with E-state index >= 15 is 0 Å². The van der Waals surface area contributed by atoms with Gasteiger partial charge in [-0.3, -0.25) is 0 Å². The minimum atomic E-state index is -0.757. The number of hydrogen-bond donors (Lipinski definition) is 1. The van der Waals surface area contributed by atoms with Crippen molar-refractivity contribution in [1.29, 1.82) is 5.26 Å². The third kappa shape index (κ3) is 3.23. The molecule has 0 fully saturated rings. The maximum Gasteiger partial charge on any atom is 0.146 e. The minimum Gasteiger partial charge on any atom is -0.497 e. The SMILES string of the molecule is COc1ccc(OC)c(C(C#N)Nc2ccccc2F)c1. The van der Waals surface area contributed by atoms with Crippen molar-refractivity contribution in [3.05, 3.63) is 53.8 Å². The average molecular weight is 286 g/mol. The van der Waals surface area contributed by atoms with E-state index in [9.17, 15) is 9.65 Å². The number of nitriles is 1. The molecular formula is C16H15FN2O2. The molecule has 0 aliphatic carbocycles. The van der Waals surface area contributed by atoms with Gasteiger partial charge in [-0.15, -0.1) is 0 Å². The molecule has 0 radical (unpaired) electrons. The number of benzene rings is 2. The van der Waals surface area contributed by atoms with Crippen LogP contribution >= 0.6 is 0 Å². The molecule has 108 valence electrons. The summed E-state index contributed by atoms with van der Waals surface area (Å²) in [4.78, 5) is 0. The summed E-state index contributed by atoms with van der Waals surface area (Å²) in [6, 6.07) is 12.7. The Labute approximate surface area is 122 Å². The van der Waals surface area contributed by atoms with Crippen molar-refractivity contribution in [2.75, 3.05) is 19.5 Å². The topological polar surface area (TPSA) is 54.3 Å². The van der Waals surface area contributed by atoms with Crippen LogP contribution in [-0.4, -0.2) is 14.2 Å². The van der Waals surface area contributed by atoms with E-state index in [0.29, 0.717) is 17.1 Å². The van der Waals surface area contributed by atoms with Crippen LogP contribution < -0.4 is 14.8 Å². The molecule has 21 heavy (non-hydrogen) atoms. The Morgan fingerprint density at radius 3 is 2.52 bits per heavy atom. The van der Waals surface area contributed by atoms with Crippen molar-refractivity contribution < 1.29 is 13.9 Å². The minimum absolute atomic E-state index is 0.258. The Morgan fingerprint density at radius 2 is 1.90 bits per heavy atom. The molecule has 2 aromatic carbocycles. The van der Waals surface area contributed by atoms with Gasteiger partial charge in [0, 0.05) is 5.56 Å². The molecule has 0 bridgehead atoms. The Hall–Kier alpha value is -2.74. The van der Waals surface area contributed by atoms with Gasteiger partial charge in [0.15, 0.2) is 0 Å². The Morgan fingerprint density at radius 1 is 1.14 bits per heavy atom. The number of para-hydroxylation sites is 1. The first-order chi connectivity index (χ1) is 10.2. The molecule has 0 saturated heterocycles. The highest BCUT2D eigenvalue weighted by atomic mass is 19.1. The van der Waals surface area contributed by atoms with Crippen LogP contribution in [0.4, 0.5) is 10.1 Å². The molecule has 0 heterocycles. The number of nitrogens with one attached hydrogen (secondary N) is 1. The van der Waals surface area contributed by atoms with Crippen LogP contribution in [0.15, 0.2) is 42.5 Å². The molecule has 0 aliphatic heterocycles. The molecule has 0 aliphatic rings. The number of halogens is 1. The lowest BCUT2D eigenvalue weighted by atomic mass is 10.1. The van der Waals surface area contributed by atoms with Gasteiger partial charge in [-0.05, 0) is 30.3 Å². The van der Waals surface area contributed by atoms with E-state index in [2.05, 4.69) is 11.4 Å². The molecule has 2 aromatic rings. The summed E-state index contributed by atoms with van der Waals surface area (Å²) in [6.45, 7) is 0. The van der Waals surface area contributed by atoms with Gasteiger partial charge >= 0.3 is 0 Å². The van der Waals surface area contributed by atoms with Crippen molar-refractivity contribution in [2.24, 2.45) is 0 Å². The highest BCUT2D eigenvalue weighted by Gasteiger charge is 2.18. The number of methoxy groups -OCH3 is 2. The summed E-state index contributed by atoms with van der Waals surface area (Å²) < 4.78 is 24.1. The van der Waals surface area contributed by atoms with Crippen molar-refractivity contribution in [3.63, 3.8) is 0 Å². The molecule has 5 heteroatoms. The highest BCUT2D eigenvalue weighted by Crippen LogP contribution is 2.31. The van der Waals surface area contributed by atoms with Crippen molar-refractivity contribution in [2.45, 2.75) is 6.04 Å². The number of anilines is 1. The normalized spacial score (nSPS) is 11.3. The predicted molar refractivity (Wildman–Crippen MR) is 77.9 cm³/mol. The Balaban J connectivity index is 2.38. The third-order valence-electron chi connectivity index (χ3n) is 3.05. The summed E-state index contributed by atoms with van der Waals surface area (Å²) >= 11 is 0. The van der Waals surface area contributed by atoms with E-state index in [-0.39, 0.29) is 5.69 Å². The summed E-state index contributed by atoms with van der Waals surface area (Å²) in [5.41, 5.74) is 0.844. The van der Waals surface area contributed by atoms with E-state index in [1.807, 2.05) is 0 Å². The zero-order valence-electron chi connectivity index (χ0n) is 11.8. The van der Waals surface area contributed by atoms with E-state index < -0.39 is 11.9 Å². The summed E-state index contributed by atoms with van der Waals surface area (Å²) in [5, 5.41) is 12.3. The lowest BCUT2D eigenvalue weighted by molar-refractivity contribution is 0.398. The average Bonchev–Trinajstić information content (AvgIpc) is 2.53. The van der Waals surface area contributed by atoms with Gasteiger partial charge in [-0.1, -0.05) is 12.1 Å². The molecule has 0 saturated carbocycles. The maximum absolute atomic E-state index is 13.7. The van der Waals surface area contributed by atoms with E-state index in [4.69, 9.17) is 9.47 Å². The molecule has 0 spiro atoms. The van der Waals surface area contributed by atoms with Crippen LogP contribution in [0.5, 0.6) is 11.5 Å². The number of nitrogens with zero attached hydrogens (tertiary/aromatic N) is 1. The van der Waals surface area contributed by atoms with Crippen molar-refractivity contribution in [1.82, 2.24) is 0 Å². The fourth-order valence-electron chi connectivity index (χ4n) is 1.98. The fourth-order valence-corrected chi connectivity index (χ4v) is 1.98. The Bertz CT molecular complexity index is 668. The lowest BCUT2D eigenvalue weighted by Crippen LogP contribution is -2.11. The van der Waals surface area contributed by atoms with Gasteiger partial charge in [0.2, 0.25) is 0 Å². The van der Waals surface area contributed by atoms with Crippen molar-refractivity contribution in [3.8, 4) is 17.6 Å². The van der Waals surface area contributed by atoms with Crippen LogP contribution in [0, 0.1) is 17.1 Å². The molecule has 0 aromatic heterocycles. The fraction of sp³-hybridized carbons (Fsp3) is 0.188. The standard InChI is InChI=1S/C16H15FN2O2/c1-20-11-7-8-16(21-2)12(9-11)15(10-18)19-14-6-4-3-5-13(14)17/h3-9,15,19H,1-2H3. The lowest BCUT2D eigenvalue weighted by Gasteiger charge is -2.17. The highest BCUT2D eigenvalue weighted by molar-refractivity contribution is 5.52. The first-order valence-corrected chi connectivity index (χ1v) is 6.32. The van der Waals surface area contributed by atoms with Crippen LogP contribution in [-0.2, 0) is 0 Å². The molecule has 1 N–H and O–H groups in total. The second-order valence-electron chi connectivity index (χ2n) is 4.29. The maximum atomic E-state index is 13.7. The third-order valence-corrected chi connectivity index (χ3v) is 3.05. The molecule has 0 amide bonds. The smallest absolute Gasteiger partial charge is 0.146 e. The molecule has 4 nitrogen and oxygen atoms in total. The van der Waals surface area contributed by atoms with E-state index in [1.165, 1.54) is 20.3 Å². The number of hydrogen-bond acceptors (Lipinski definition) is 4. The van der Waals surface area contributed by atoms with E-state index in [0.717, 1.165) is 0 Å². The summed E-state index contributed by atoms with van der Waals surface area (Å²) in [6.07, 6.45) is 0. The first kappa shape index (κ1) is 14.7. The van der Waals surface area contributed by atoms with Gasteiger partial charge < -0.3 is 14.8 Å². The second-order valence-corrected chi connectivity index (χ2v) is 4.29. The molecular weight excluding hydrogens is 271 g/mol. The number of rotatable bonds is 5. The monoisotopic (exact) mass is 286 g/mol. The van der Waals surface area contributed by atoms with Gasteiger partial charge in [0.05, 0.1) is 26.0 Å². The zero-order valence-corrected chi connectivity index (χ0v) is 11.8. The predicted octanol–water partition coefficient (Wildman–Crippen LogP) is 3.52. The quantitative estimate of drug-likeness (QED) is 0.913. The van der Waals surface area contributed by atoms with Gasteiger partial charge in [-0.25, -0.2) is 4.39 Å². The summed E-state index contributed by atoms with van der Waals surface area (Å²) in [5.74, 6) is 0.715. The zero-order chi connectivity index (χ0) is 15.2. The van der Waals surface area contributed by atoms with Crippen LogP contribution in [0.25, 0.3) is 0 Å². The van der Waals surface area contributed by atoms with Gasteiger partial charge in [-0.2, -0.15) is 5.26 Å². The number of ether oxygens (including phenoxy) is 2. The van der Waals surface area contributed by atoms with Crippen molar-refractivity contribution >= 4 is 5.69 Å². The Kier molecular flexibility index (Phi) is 4.62.